The number of hydrogen-bond donors (Lipinski definition) is 0. The van der Waals surface area contributed by atoms with E-state index in [1.165, 1.54) is 38.4 Å². The van der Waals surface area contributed by atoms with Gasteiger partial charge in [-0.05, 0) is 45.8 Å². The molecule has 268 valence electrons. The van der Waals surface area contributed by atoms with E-state index in [4.69, 9.17) is 18.9 Å². The van der Waals surface area contributed by atoms with Gasteiger partial charge in [0.15, 0.2) is 11.5 Å². The first kappa shape index (κ1) is 39.4. The number of esters is 2. The Hall–Kier alpha value is -4.36. The van der Waals surface area contributed by atoms with Gasteiger partial charge in [0.05, 0.1) is 63.5 Å². The van der Waals surface area contributed by atoms with E-state index in [0.717, 1.165) is 37.7 Å². The first-order valence-corrected chi connectivity index (χ1v) is 17.3. The lowest BCUT2D eigenvalue weighted by atomic mass is 10.1. The molecule has 0 spiro atoms. The fourth-order valence-corrected chi connectivity index (χ4v) is 5.53. The molecular weight excluding hydrogens is 862 g/mol. The van der Waals surface area contributed by atoms with Gasteiger partial charge < -0.3 is 28.4 Å². The van der Waals surface area contributed by atoms with Crippen molar-refractivity contribution >= 4 is 76.8 Å². The summed E-state index contributed by atoms with van der Waals surface area (Å²) in [6.07, 6.45) is 7.87. The number of halogens is 3. The molecule has 0 atom stereocenters. The molecule has 0 N–H and O–H groups in total. The van der Waals surface area contributed by atoms with Gasteiger partial charge in [-0.1, -0.05) is 31.9 Å². The highest BCUT2D eigenvalue weighted by Gasteiger charge is 2.16. The van der Waals surface area contributed by atoms with Crippen LogP contribution in [-0.2, 0) is 25.5 Å². The van der Waals surface area contributed by atoms with Crippen LogP contribution in [0.15, 0.2) is 73.7 Å². The molecule has 0 saturated heterocycles. The van der Waals surface area contributed by atoms with Gasteiger partial charge in [-0.3, -0.25) is 9.98 Å². The van der Waals surface area contributed by atoms with Crippen molar-refractivity contribution in [2.75, 3.05) is 54.9 Å². The zero-order valence-corrected chi connectivity index (χ0v) is 32.6. The van der Waals surface area contributed by atoms with Gasteiger partial charge >= 0.3 is 11.9 Å². The van der Waals surface area contributed by atoms with Gasteiger partial charge in [0.1, 0.15) is 29.3 Å². The highest BCUT2D eigenvalue weighted by molar-refractivity contribution is 9.11. The number of methoxy groups -OCH3 is 4. The number of hydrogen-bond acceptors (Lipinski definition) is 14. The SMILES string of the molecule is COC(=O)c1cncc(Br)n1.COCCOc1cc(Br)cc2c1C=NC2.COCCOc1cc(Br)cc2c1cnn2-c1ccnc(C(=O)OC)n1. The van der Waals surface area contributed by atoms with Crippen LogP contribution in [0.2, 0.25) is 0 Å². The van der Waals surface area contributed by atoms with E-state index >= 15 is 0 Å². The topological polar surface area (TPSA) is 171 Å². The minimum absolute atomic E-state index is 0.0322. The Bertz CT molecular complexity index is 1990. The molecule has 0 bridgehead atoms. The van der Waals surface area contributed by atoms with E-state index in [0.29, 0.717) is 42.6 Å². The fraction of sp³-hybridized carbons (Fsp3) is 0.273. The molecule has 0 fully saturated rings. The molecule has 0 saturated carbocycles. The Kier molecular flexibility index (Phi) is 15.4. The number of rotatable bonds is 11. The zero-order chi connectivity index (χ0) is 36.8. The average Bonchev–Trinajstić information content (AvgIpc) is 3.79. The summed E-state index contributed by atoms with van der Waals surface area (Å²) in [5.41, 5.74) is 3.27. The first-order chi connectivity index (χ1) is 24.7. The van der Waals surface area contributed by atoms with Crippen LogP contribution in [0.1, 0.15) is 32.2 Å². The Labute approximate surface area is 318 Å². The van der Waals surface area contributed by atoms with E-state index < -0.39 is 11.9 Å². The van der Waals surface area contributed by atoms with Gasteiger partial charge in [0.25, 0.3) is 0 Å². The highest BCUT2D eigenvalue weighted by Crippen LogP contribution is 2.32. The maximum Gasteiger partial charge on any atom is 0.376 e. The molecule has 15 nitrogen and oxygen atoms in total. The van der Waals surface area contributed by atoms with Crippen LogP contribution in [0, 0.1) is 0 Å². The number of nitrogens with zero attached hydrogens (tertiary/aromatic N) is 7. The molecule has 0 radical (unpaired) electrons. The van der Waals surface area contributed by atoms with Gasteiger partial charge in [0, 0.05) is 47.2 Å². The Morgan fingerprint density at radius 2 is 1.49 bits per heavy atom. The van der Waals surface area contributed by atoms with E-state index in [1.807, 2.05) is 24.4 Å². The van der Waals surface area contributed by atoms with Crippen LogP contribution in [0.5, 0.6) is 11.5 Å². The second-order valence-electron chi connectivity index (χ2n) is 9.97. The van der Waals surface area contributed by atoms with Crippen molar-refractivity contribution in [3.05, 3.63) is 91.3 Å². The predicted molar refractivity (Wildman–Crippen MR) is 197 cm³/mol. The zero-order valence-electron chi connectivity index (χ0n) is 27.8. The first-order valence-electron chi connectivity index (χ1n) is 14.9. The average molecular weight is 894 g/mol. The third-order valence-corrected chi connectivity index (χ3v) is 7.90. The number of carbonyl (C=O) groups excluding carboxylic acids is 2. The normalized spacial score (nSPS) is 11.1. The van der Waals surface area contributed by atoms with Crippen molar-refractivity contribution in [3.63, 3.8) is 0 Å². The van der Waals surface area contributed by atoms with Crippen LogP contribution in [0.4, 0.5) is 0 Å². The quantitative estimate of drug-likeness (QED) is 0.115. The fourth-order valence-electron chi connectivity index (χ4n) is 4.31. The van der Waals surface area contributed by atoms with Crippen molar-refractivity contribution in [1.82, 2.24) is 29.7 Å². The van der Waals surface area contributed by atoms with Crippen molar-refractivity contribution in [1.29, 1.82) is 0 Å². The summed E-state index contributed by atoms with van der Waals surface area (Å²) in [5, 5.41) is 5.18. The standard InChI is InChI=1S/C16H15BrN4O4.C11H12BrNO2.C6H5BrN2O2/c1-23-5-6-25-13-8-10(17)7-12-11(13)9-19-21(12)14-3-4-18-15(20-14)16(22)24-2;1-14-2-3-15-11-5-9(12)4-8-6-13-7-10(8)11;1-11-6(10)4-2-8-3-5(7)9-4/h3-4,7-9H,5-6H2,1-2H3;4-5,7H,2-3,6H2,1H3;2-3H,1H3. The summed E-state index contributed by atoms with van der Waals surface area (Å²) in [6, 6.07) is 9.46. The van der Waals surface area contributed by atoms with Crippen molar-refractivity contribution in [2.24, 2.45) is 4.99 Å². The summed E-state index contributed by atoms with van der Waals surface area (Å²) in [4.78, 5) is 42.4. The summed E-state index contributed by atoms with van der Waals surface area (Å²) >= 11 is 10.0. The third-order valence-electron chi connectivity index (χ3n) is 6.61. The number of fused-ring (bicyclic) bond motifs is 2. The molecule has 18 heteroatoms. The lowest BCUT2D eigenvalue weighted by Gasteiger charge is -2.09. The largest absolute Gasteiger partial charge is 0.490 e. The van der Waals surface area contributed by atoms with E-state index in [-0.39, 0.29) is 11.5 Å². The molecule has 5 aromatic rings. The lowest BCUT2D eigenvalue weighted by Crippen LogP contribution is -2.10. The summed E-state index contributed by atoms with van der Waals surface area (Å²) in [6.45, 7) is 2.81. The van der Waals surface area contributed by atoms with Crippen LogP contribution in [0.3, 0.4) is 0 Å². The predicted octanol–water partition coefficient (Wildman–Crippen LogP) is 5.82. The van der Waals surface area contributed by atoms with Crippen LogP contribution in [-0.4, -0.2) is 103 Å². The van der Waals surface area contributed by atoms with E-state index in [1.54, 1.807) is 31.2 Å². The van der Waals surface area contributed by atoms with Gasteiger partial charge in [-0.25, -0.2) is 29.2 Å². The van der Waals surface area contributed by atoms with Crippen LogP contribution < -0.4 is 9.47 Å². The van der Waals surface area contributed by atoms with Crippen LogP contribution in [0.25, 0.3) is 16.7 Å². The Morgan fingerprint density at radius 1 is 0.804 bits per heavy atom. The van der Waals surface area contributed by atoms with Gasteiger partial charge in [-0.15, -0.1) is 0 Å². The molecule has 2 aromatic carbocycles. The molecule has 4 heterocycles. The monoisotopic (exact) mass is 891 g/mol. The molecule has 0 amide bonds. The number of benzene rings is 2. The number of carbonyl (C=O) groups is 2. The molecule has 1 aliphatic rings. The summed E-state index contributed by atoms with van der Waals surface area (Å²) in [7, 11) is 5.86. The lowest BCUT2D eigenvalue weighted by molar-refractivity contribution is 0.0580. The van der Waals surface area contributed by atoms with Crippen molar-refractivity contribution < 1.29 is 38.0 Å². The minimum Gasteiger partial charge on any atom is -0.490 e. The van der Waals surface area contributed by atoms with Crippen molar-refractivity contribution in [3.8, 4) is 17.3 Å². The molecule has 1 aliphatic heterocycles. The minimum atomic E-state index is -0.608. The maximum atomic E-state index is 11.6. The van der Waals surface area contributed by atoms with Gasteiger partial charge in [-0.2, -0.15) is 5.10 Å². The highest BCUT2D eigenvalue weighted by atomic mass is 79.9. The molecule has 51 heavy (non-hydrogen) atoms. The third kappa shape index (κ3) is 11.1. The molecule has 0 unspecified atom stereocenters. The summed E-state index contributed by atoms with van der Waals surface area (Å²) < 4.78 is 34.4. The number of ether oxygens (including phenoxy) is 6. The molecule has 6 rings (SSSR count). The van der Waals surface area contributed by atoms with E-state index in [2.05, 4.69) is 93.4 Å². The Balaban J connectivity index is 0.000000190. The molecule has 0 aliphatic carbocycles. The van der Waals surface area contributed by atoms with Crippen molar-refractivity contribution in [2.45, 2.75) is 6.54 Å². The smallest absolute Gasteiger partial charge is 0.376 e. The second kappa shape index (κ2) is 19.9. The summed E-state index contributed by atoms with van der Waals surface area (Å²) in [5.74, 6) is 0.871. The molecule has 3 aromatic heterocycles. The van der Waals surface area contributed by atoms with E-state index in [9.17, 15) is 9.59 Å². The number of aliphatic imine (C=N–C) groups is 1. The molecular formula is C33H32Br3N7O8. The second-order valence-corrected chi connectivity index (χ2v) is 12.6. The number of aromatic nitrogens is 6. The maximum absolute atomic E-state index is 11.6. The Morgan fingerprint density at radius 3 is 2.18 bits per heavy atom. The van der Waals surface area contributed by atoms with Gasteiger partial charge in [0.2, 0.25) is 5.82 Å². The van der Waals surface area contributed by atoms with Crippen LogP contribution >= 0.6 is 47.8 Å².